The topological polar surface area (TPSA) is 50.8 Å². The zero-order valence-corrected chi connectivity index (χ0v) is 9.83. The van der Waals surface area contributed by atoms with Gasteiger partial charge in [-0.25, -0.2) is 4.79 Å². The second-order valence-corrected chi connectivity index (χ2v) is 4.53. The number of nitrogens with zero attached hydrogens (tertiary/aromatic N) is 1. The normalized spacial score (nSPS) is 24.6. The van der Waals surface area contributed by atoms with Crippen LogP contribution in [-0.2, 0) is 9.47 Å². The van der Waals surface area contributed by atoms with Crippen LogP contribution in [0.5, 0.6) is 0 Å². The minimum Gasteiger partial charge on any atom is -0.443 e. The van der Waals surface area contributed by atoms with Crippen LogP contribution in [0.25, 0.3) is 0 Å². The fourth-order valence-electron chi connectivity index (χ4n) is 2.37. The number of piperidine rings is 1. The molecule has 2 fully saturated rings. The molecule has 0 bridgehead atoms. The van der Waals surface area contributed by atoms with Gasteiger partial charge in [-0.15, -0.1) is 0 Å². The van der Waals surface area contributed by atoms with Crippen LogP contribution < -0.4 is 5.32 Å². The molecule has 0 saturated carbocycles. The number of hydrogen-bond donors (Lipinski definition) is 1. The summed E-state index contributed by atoms with van der Waals surface area (Å²) in [5.74, 6) is 0. The van der Waals surface area contributed by atoms with Crippen LogP contribution in [0.1, 0.15) is 19.3 Å². The molecule has 2 aliphatic rings. The van der Waals surface area contributed by atoms with Crippen LogP contribution in [0.3, 0.4) is 0 Å². The lowest BCUT2D eigenvalue weighted by Crippen LogP contribution is -2.54. The fourth-order valence-corrected chi connectivity index (χ4v) is 2.37. The Kier molecular flexibility index (Phi) is 3.66. The average molecular weight is 228 g/mol. The van der Waals surface area contributed by atoms with Crippen LogP contribution >= 0.6 is 0 Å². The molecule has 92 valence electrons. The maximum atomic E-state index is 11.8. The Bertz CT molecular complexity index is 252. The van der Waals surface area contributed by atoms with Gasteiger partial charge in [-0.2, -0.15) is 0 Å². The lowest BCUT2D eigenvalue weighted by molar-refractivity contribution is -0.0671. The van der Waals surface area contributed by atoms with Crippen molar-refractivity contribution in [1.82, 2.24) is 10.2 Å². The van der Waals surface area contributed by atoms with E-state index in [9.17, 15) is 4.79 Å². The Morgan fingerprint density at radius 2 is 2.19 bits per heavy atom. The van der Waals surface area contributed by atoms with E-state index >= 15 is 0 Å². The van der Waals surface area contributed by atoms with E-state index in [0.717, 1.165) is 38.9 Å². The van der Waals surface area contributed by atoms with E-state index in [1.807, 2.05) is 0 Å². The summed E-state index contributed by atoms with van der Waals surface area (Å²) in [6.07, 6.45) is 2.66. The van der Waals surface area contributed by atoms with Crippen molar-refractivity contribution in [1.29, 1.82) is 0 Å². The molecule has 0 aliphatic carbocycles. The quantitative estimate of drug-likeness (QED) is 0.768. The van der Waals surface area contributed by atoms with Crippen molar-refractivity contribution in [2.24, 2.45) is 0 Å². The van der Waals surface area contributed by atoms with Gasteiger partial charge >= 0.3 is 6.09 Å². The molecule has 2 aliphatic heterocycles. The molecular weight excluding hydrogens is 208 g/mol. The molecule has 16 heavy (non-hydrogen) atoms. The van der Waals surface area contributed by atoms with Crippen molar-refractivity contribution in [3.8, 4) is 0 Å². The van der Waals surface area contributed by atoms with Gasteiger partial charge in [-0.1, -0.05) is 0 Å². The third kappa shape index (κ3) is 2.47. The number of ether oxygens (including phenoxy) is 2. The molecule has 0 aromatic carbocycles. The number of hydrogen-bond acceptors (Lipinski definition) is 4. The van der Waals surface area contributed by atoms with Gasteiger partial charge in [0.2, 0.25) is 0 Å². The van der Waals surface area contributed by atoms with Gasteiger partial charge in [0.25, 0.3) is 0 Å². The molecule has 0 aromatic heterocycles. The first-order chi connectivity index (χ1) is 7.76. The molecule has 2 heterocycles. The fraction of sp³-hybridized carbons (Fsp3) is 0.909. The van der Waals surface area contributed by atoms with Gasteiger partial charge in [0.1, 0.15) is 5.60 Å². The highest BCUT2D eigenvalue weighted by Gasteiger charge is 2.41. The first kappa shape index (κ1) is 11.7. The second kappa shape index (κ2) is 5.01. The van der Waals surface area contributed by atoms with Gasteiger partial charge in [0.05, 0.1) is 6.61 Å². The molecule has 0 radical (unpaired) electrons. The van der Waals surface area contributed by atoms with Crippen molar-refractivity contribution in [3.63, 3.8) is 0 Å². The number of rotatable bonds is 3. The number of carbonyl (C=O) groups is 1. The van der Waals surface area contributed by atoms with Gasteiger partial charge in [0.15, 0.2) is 0 Å². The first-order valence-electron chi connectivity index (χ1n) is 5.93. The average Bonchev–Trinajstić information content (AvgIpc) is 2.29. The molecule has 0 atom stereocenters. The van der Waals surface area contributed by atoms with E-state index in [-0.39, 0.29) is 11.7 Å². The van der Waals surface area contributed by atoms with Crippen molar-refractivity contribution in [2.45, 2.75) is 24.9 Å². The van der Waals surface area contributed by atoms with Crippen LogP contribution in [0, 0.1) is 0 Å². The highest BCUT2D eigenvalue weighted by atomic mass is 16.6. The molecular formula is C11H20N2O3. The lowest BCUT2D eigenvalue weighted by Gasteiger charge is -2.43. The summed E-state index contributed by atoms with van der Waals surface area (Å²) in [7, 11) is 1.64. The van der Waals surface area contributed by atoms with Crippen LogP contribution in [0.4, 0.5) is 4.79 Å². The summed E-state index contributed by atoms with van der Waals surface area (Å²) in [6, 6.07) is 0. The van der Waals surface area contributed by atoms with E-state index < -0.39 is 0 Å². The Balaban J connectivity index is 1.88. The Labute approximate surface area is 96.1 Å². The molecule has 5 heteroatoms. The predicted molar refractivity (Wildman–Crippen MR) is 59.4 cm³/mol. The minimum absolute atomic E-state index is 0.176. The van der Waals surface area contributed by atoms with E-state index in [1.165, 1.54) is 0 Å². The molecule has 1 amide bonds. The highest BCUT2D eigenvalue weighted by Crippen LogP contribution is 2.31. The maximum absolute atomic E-state index is 11.8. The lowest BCUT2D eigenvalue weighted by atomic mass is 9.87. The molecule has 5 nitrogen and oxygen atoms in total. The zero-order chi connectivity index (χ0) is 11.4. The summed E-state index contributed by atoms with van der Waals surface area (Å²) < 4.78 is 10.6. The number of amides is 1. The summed E-state index contributed by atoms with van der Waals surface area (Å²) in [6.45, 7) is 3.90. The van der Waals surface area contributed by atoms with Crippen molar-refractivity contribution >= 4 is 6.09 Å². The second-order valence-electron chi connectivity index (χ2n) is 4.53. The molecule has 0 aromatic rings. The Hall–Kier alpha value is -0.810. The van der Waals surface area contributed by atoms with Crippen LogP contribution in [0.2, 0.25) is 0 Å². The van der Waals surface area contributed by atoms with Crippen molar-refractivity contribution in [2.75, 3.05) is 39.9 Å². The van der Waals surface area contributed by atoms with Gasteiger partial charge in [-0.05, 0) is 25.9 Å². The van der Waals surface area contributed by atoms with E-state index in [2.05, 4.69) is 5.32 Å². The molecule has 0 unspecified atom stereocenters. The van der Waals surface area contributed by atoms with E-state index in [1.54, 1.807) is 12.0 Å². The first-order valence-corrected chi connectivity index (χ1v) is 5.93. The smallest absolute Gasteiger partial charge is 0.410 e. The molecule has 2 saturated heterocycles. The number of carbonyl (C=O) groups excluding carboxylic acids is 1. The standard InChI is InChI=1S/C11H20N2O3/c1-15-9-8-13-7-4-11(16-10(13)14)2-5-12-6-3-11/h12H,2-9H2,1H3. The minimum atomic E-state index is -0.189. The third-order valence-corrected chi connectivity index (χ3v) is 3.48. The van der Waals surface area contributed by atoms with Crippen molar-refractivity contribution < 1.29 is 14.3 Å². The molecule has 2 rings (SSSR count). The number of methoxy groups -OCH3 is 1. The summed E-state index contributed by atoms with van der Waals surface area (Å²) >= 11 is 0. The van der Waals surface area contributed by atoms with E-state index in [0.29, 0.717) is 13.2 Å². The highest BCUT2D eigenvalue weighted by molar-refractivity contribution is 5.69. The molecule has 1 spiro atoms. The molecule has 1 N–H and O–H groups in total. The Morgan fingerprint density at radius 3 is 2.81 bits per heavy atom. The predicted octanol–water partition coefficient (Wildman–Crippen LogP) is 0.597. The van der Waals surface area contributed by atoms with Crippen molar-refractivity contribution in [3.05, 3.63) is 0 Å². The van der Waals surface area contributed by atoms with Crippen LogP contribution in [-0.4, -0.2) is 56.5 Å². The zero-order valence-electron chi connectivity index (χ0n) is 9.83. The monoisotopic (exact) mass is 228 g/mol. The maximum Gasteiger partial charge on any atom is 0.410 e. The van der Waals surface area contributed by atoms with Gasteiger partial charge < -0.3 is 19.7 Å². The van der Waals surface area contributed by atoms with Gasteiger partial charge in [-0.3, -0.25) is 0 Å². The van der Waals surface area contributed by atoms with Crippen LogP contribution in [0.15, 0.2) is 0 Å². The summed E-state index contributed by atoms with van der Waals surface area (Å²) in [5.41, 5.74) is -0.189. The summed E-state index contributed by atoms with van der Waals surface area (Å²) in [4.78, 5) is 13.5. The van der Waals surface area contributed by atoms with Gasteiger partial charge in [0, 0.05) is 26.6 Å². The largest absolute Gasteiger partial charge is 0.443 e. The van der Waals surface area contributed by atoms with E-state index in [4.69, 9.17) is 9.47 Å². The SMILES string of the molecule is COCCN1CCC2(CCNCC2)OC1=O. The Morgan fingerprint density at radius 1 is 1.44 bits per heavy atom. The summed E-state index contributed by atoms with van der Waals surface area (Å²) in [5, 5.41) is 3.29. The third-order valence-electron chi connectivity index (χ3n) is 3.48. The number of nitrogens with one attached hydrogen (secondary N) is 1.